The van der Waals surface area contributed by atoms with Crippen molar-refractivity contribution in [3.8, 4) is 0 Å². The van der Waals surface area contributed by atoms with Crippen LogP contribution in [0.5, 0.6) is 0 Å². The van der Waals surface area contributed by atoms with E-state index in [1.807, 2.05) is 0 Å². The van der Waals surface area contributed by atoms with Crippen LogP contribution in [0.25, 0.3) is 0 Å². The summed E-state index contributed by atoms with van der Waals surface area (Å²) in [6.45, 7) is 2.98. The number of carbonyl (C=O) groups excluding carboxylic acids is 1. The van der Waals surface area contributed by atoms with Gasteiger partial charge in [-0.2, -0.15) is 11.8 Å². The quantitative estimate of drug-likeness (QED) is 0.891. The molecule has 1 aromatic rings. The van der Waals surface area contributed by atoms with Crippen molar-refractivity contribution in [3.05, 3.63) is 24.2 Å². The van der Waals surface area contributed by atoms with E-state index in [2.05, 4.69) is 22.0 Å². The van der Waals surface area contributed by atoms with Crippen molar-refractivity contribution in [1.29, 1.82) is 0 Å². The smallest absolute Gasteiger partial charge is 0.254 e. The van der Waals surface area contributed by atoms with Crippen molar-refractivity contribution >= 4 is 17.7 Å². The Morgan fingerprint density at radius 2 is 2.24 bits per heavy atom. The molecule has 6 heteroatoms. The molecule has 136 valence electrons. The highest BCUT2D eigenvalue weighted by atomic mass is 32.2. The predicted molar refractivity (Wildman–Crippen MR) is 96.8 cm³/mol. The number of nitrogens with zero attached hydrogens (tertiary/aromatic N) is 1. The number of rotatable bonds is 4. The first-order valence-corrected chi connectivity index (χ1v) is 10.7. The van der Waals surface area contributed by atoms with Crippen molar-refractivity contribution in [2.24, 2.45) is 11.8 Å². The molecule has 0 unspecified atom stereocenters. The summed E-state index contributed by atoms with van der Waals surface area (Å²) in [6.07, 6.45) is 8.37. The minimum absolute atomic E-state index is 0.0373. The molecule has 4 fully saturated rings. The molecule has 0 aliphatic carbocycles. The van der Waals surface area contributed by atoms with Crippen molar-refractivity contribution < 1.29 is 13.9 Å². The highest BCUT2D eigenvalue weighted by molar-refractivity contribution is 7.99. The third-order valence-corrected chi connectivity index (χ3v) is 7.85. The van der Waals surface area contributed by atoms with Crippen LogP contribution in [0.15, 0.2) is 23.0 Å². The molecule has 2 bridgehead atoms. The van der Waals surface area contributed by atoms with Crippen LogP contribution < -0.4 is 5.32 Å². The Balaban J connectivity index is 1.26. The van der Waals surface area contributed by atoms with Gasteiger partial charge in [0.2, 0.25) is 0 Å². The van der Waals surface area contributed by atoms with Gasteiger partial charge in [-0.25, -0.2) is 0 Å². The summed E-state index contributed by atoms with van der Waals surface area (Å²) in [5.74, 6) is 3.58. The van der Waals surface area contributed by atoms with Crippen LogP contribution in [-0.2, 0) is 4.74 Å². The van der Waals surface area contributed by atoms with E-state index in [9.17, 15) is 4.79 Å². The summed E-state index contributed by atoms with van der Waals surface area (Å²) in [5.41, 5.74) is 0.673. The molecule has 1 N–H and O–H groups in total. The molecule has 0 aromatic carbocycles. The van der Waals surface area contributed by atoms with E-state index in [1.165, 1.54) is 37.0 Å². The lowest BCUT2D eigenvalue weighted by Crippen LogP contribution is -2.41. The van der Waals surface area contributed by atoms with E-state index in [4.69, 9.17) is 9.15 Å². The summed E-state index contributed by atoms with van der Waals surface area (Å²) in [4.78, 5) is 15.0. The van der Waals surface area contributed by atoms with Crippen molar-refractivity contribution in [3.63, 3.8) is 0 Å². The lowest BCUT2D eigenvalue weighted by atomic mass is 9.73. The van der Waals surface area contributed by atoms with Gasteiger partial charge in [0.05, 0.1) is 23.5 Å². The predicted octanol–water partition coefficient (Wildman–Crippen LogP) is 2.38. The zero-order chi connectivity index (χ0) is 16.9. The summed E-state index contributed by atoms with van der Waals surface area (Å²) >= 11 is 2.09. The number of hydrogen-bond donors (Lipinski definition) is 1. The topological polar surface area (TPSA) is 54.7 Å². The number of hydrogen-bond acceptors (Lipinski definition) is 5. The molecular weight excluding hydrogens is 336 g/mol. The monoisotopic (exact) mass is 362 g/mol. The normalized spacial score (nSPS) is 38.2. The average molecular weight is 362 g/mol. The fourth-order valence-electron chi connectivity index (χ4n) is 5.53. The molecular formula is C19H26N2O3S. The highest BCUT2D eigenvalue weighted by Gasteiger charge is 2.63. The second-order valence-corrected chi connectivity index (χ2v) is 9.25. The third-order valence-electron chi connectivity index (χ3n) is 6.80. The maximum atomic E-state index is 12.2. The third kappa shape index (κ3) is 2.73. The van der Waals surface area contributed by atoms with E-state index < -0.39 is 0 Å². The molecule has 0 radical (unpaired) electrons. The first-order valence-electron chi connectivity index (χ1n) is 9.55. The molecule has 25 heavy (non-hydrogen) atoms. The average Bonchev–Trinajstić information content (AvgIpc) is 3.40. The first kappa shape index (κ1) is 16.2. The second-order valence-electron chi connectivity index (χ2n) is 8.03. The summed E-state index contributed by atoms with van der Waals surface area (Å²) in [6, 6.07) is 2.46. The number of carbonyl (C=O) groups is 1. The molecule has 1 spiro atoms. The fraction of sp³-hybridized carbons (Fsp3) is 0.737. The SMILES string of the molecule is O=C(NC[C@H]1[C@H]2CN(C3CCSCC3)C[C@]23CC[C@H]1O3)c1ccoc1. The molecule has 4 atom stereocenters. The number of furan rings is 1. The van der Waals surface area contributed by atoms with Gasteiger partial charge in [-0.05, 0) is 43.3 Å². The van der Waals surface area contributed by atoms with Crippen molar-refractivity contribution in [1.82, 2.24) is 10.2 Å². The second kappa shape index (κ2) is 6.32. The van der Waals surface area contributed by atoms with E-state index in [1.54, 1.807) is 12.3 Å². The number of nitrogens with one attached hydrogen (secondary N) is 1. The molecule has 1 aromatic heterocycles. The molecule has 1 amide bonds. The van der Waals surface area contributed by atoms with E-state index in [0.29, 0.717) is 23.5 Å². The Morgan fingerprint density at radius 1 is 1.36 bits per heavy atom. The van der Waals surface area contributed by atoms with Crippen LogP contribution in [0.4, 0.5) is 0 Å². The summed E-state index contributed by atoms with van der Waals surface area (Å²) in [5, 5.41) is 3.11. The Morgan fingerprint density at radius 3 is 3.04 bits per heavy atom. The Kier molecular flexibility index (Phi) is 4.10. The standard InChI is InChI=1S/C19H26N2O3S/c22-18(13-2-6-23-11-13)20-9-15-16-10-21(14-3-7-25-8-4-14)12-19(16)5-1-17(15)24-19/h2,6,11,14-17H,1,3-5,7-10,12H2,(H,20,22)/t15-,16+,17+,19+/m0/s1. The lowest BCUT2D eigenvalue weighted by molar-refractivity contribution is -0.00150. The maximum absolute atomic E-state index is 12.2. The first-order chi connectivity index (χ1) is 12.3. The number of amides is 1. The van der Waals surface area contributed by atoms with E-state index >= 15 is 0 Å². The summed E-state index contributed by atoms with van der Waals surface area (Å²) in [7, 11) is 0. The Labute approximate surface area is 152 Å². The van der Waals surface area contributed by atoms with E-state index in [-0.39, 0.29) is 11.5 Å². The minimum Gasteiger partial charge on any atom is -0.472 e. The van der Waals surface area contributed by atoms with Crippen LogP contribution in [-0.4, -0.2) is 59.7 Å². The summed E-state index contributed by atoms with van der Waals surface area (Å²) < 4.78 is 11.5. The molecule has 5 rings (SSSR count). The van der Waals surface area contributed by atoms with Gasteiger partial charge in [0.15, 0.2) is 0 Å². The van der Waals surface area contributed by atoms with Gasteiger partial charge in [-0.15, -0.1) is 0 Å². The Bertz CT molecular complexity index is 631. The molecule has 0 saturated carbocycles. The number of ether oxygens (including phenoxy) is 1. The molecule has 5 nitrogen and oxygen atoms in total. The van der Waals surface area contributed by atoms with Gasteiger partial charge in [-0.1, -0.05) is 0 Å². The maximum Gasteiger partial charge on any atom is 0.254 e. The number of likely N-dealkylation sites (tertiary alicyclic amines) is 1. The fourth-order valence-corrected chi connectivity index (χ4v) is 6.62. The van der Waals surface area contributed by atoms with Crippen molar-refractivity contribution in [2.45, 2.75) is 43.4 Å². The Hall–Kier alpha value is -0.980. The van der Waals surface area contributed by atoms with Gasteiger partial charge in [0.1, 0.15) is 6.26 Å². The minimum atomic E-state index is -0.0373. The molecule has 4 aliphatic rings. The zero-order valence-corrected chi connectivity index (χ0v) is 15.3. The highest BCUT2D eigenvalue weighted by Crippen LogP contribution is 2.55. The lowest BCUT2D eigenvalue weighted by Gasteiger charge is -2.32. The van der Waals surface area contributed by atoms with Gasteiger partial charge in [-0.3, -0.25) is 9.69 Å². The largest absolute Gasteiger partial charge is 0.472 e. The van der Waals surface area contributed by atoms with Gasteiger partial charge in [0.25, 0.3) is 5.91 Å². The van der Waals surface area contributed by atoms with Gasteiger partial charge >= 0.3 is 0 Å². The van der Waals surface area contributed by atoms with Crippen LogP contribution >= 0.6 is 11.8 Å². The number of fused-ring (bicyclic) bond motifs is 1. The van der Waals surface area contributed by atoms with Gasteiger partial charge in [0, 0.05) is 37.5 Å². The van der Waals surface area contributed by atoms with Crippen LogP contribution in [0.1, 0.15) is 36.0 Å². The number of thioether (sulfide) groups is 1. The van der Waals surface area contributed by atoms with Crippen LogP contribution in [0.2, 0.25) is 0 Å². The van der Waals surface area contributed by atoms with E-state index in [0.717, 1.165) is 32.1 Å². The molecule has 4 saturated heterocycles. The van der Waals surface area contributed by atoms with Crippen LogP contribution in [0.3, 0.4) is 0 Å². The molecule has 4 aliphatic heterocycles. The zero-order valence-electron chi connectivity index (χ0n) is 14.5. The van der Waals surface area contributed by atoms with Crippen molar-refractivity contribution in [2.75, 3.05) is 31.1 Å². The molecule has 5 heterocycles. The van der Waals surface area contributed by atoms with Crippen LogP contribution in [0, 0.1) is 11.8 Å². The van der Waals surface area contributed by atoms with Gasteiger partial charge < -0.3 is 14.5 Å².